The van der Waals surface area contributed by atoms with Crippen LogP contribution in [0.1, 0.15) is 33.6 Å². The van der Waals surface area contributed by atoms with Crippen molar-refractivity contribution >= 4 is 0 Å². The summed E-state index contributed by atoms with van der Waals surface area (Å²) in [6.07, 6.45) is 6.23. The molecule has 0 radical (unpaired) electrons. The topological polar surface area (TPSA) is 20.2 Å². The third kappa shape index (κ3) is 2.19. The maximum Gasteiger partial charge on any atom is 0.0803 e. The van der Waals surface area contributed by atoms with E-state index in [1.165, 1.54) is 5.57 Å². The van der Waals surface area contributed by atoms with E-state index in [9.17, 15) is 5.11 Å². The highest BCUT2D eigenvalue weighted by molar-refractivity contribution is 5.27. The lowest BCUT2D eigenvalue weighted by Crippen LogP contribution is -2.22. The average molecular weight is 152 g/mol. The highest BCUT2D eigenvalue weighted by Crippen LogP contribution is 2.26. The molecule has 1 N–H and O–H groups in total. The van der Waals surface area contributed by atoms with Crippen molar-refractivity contribution in [1.29, 1.82) is 0 Å². The summed E-state index contributed by atoms with van der Waals surface area (Å²) < 4.78 is 0. The first kappa shape index (κ1) is 8.54. The van der Waals surface area contributed by atoms with Crippen LogP contribution in [0, 0.1) is 0 Å². The van der Waals surface area contributed by atoms with Gasteiger partial charge >= 0.3 is 0 Å². The molecule has 0 fully saturated rings. The van der Waals surface area contributed by atoms with Gasteiger partial charge < -0.3 is 5.11 Å². The van der Waals surface area contributed by atoms with Gasteiger partial charge in [-0.15, -0.1) is 0 Å². The molecule has 1 nitrogen and oxygen atoms in total. The van der Waals surface area contributed by atoms with E-state index in [-0.39, 0.29) is 0 Å². The zero-order valence-electron chi connectivity index (χ0n) is 7.52. The molecular weight excluding hydrogens is 136 g/mol. The second kappa shape index (κ2) is 2.82. The van der Waals surface area contributed by atoms with Crippen molar-refractivity contribution < 1.29 is 5.11 Å². The second-order valence-electron chi connectivity index (χ2n) is 3.76. The highest BCUT2D eigenvalue weighted by atomic mass is 16.3. The first-order valence-corrected chi connectivity index (χ1v) is 4.09. The van der Waals surface area contributed by atoms with E-state index in [1.807, 2.05) is 19.9 Å². The molecular formula is C10H16O. The Morgan fingerprint density at radius 2 is 1.91 bits per heavy atom. The Bertz CT molecular complexity index is 203. The van der Waals surface area contributed by atoms with Crippen LogP contribution < -0.4 is 0 Å². The fourth-order valence-electron chi connectivity index (χ4n) is 1.25. The van der Waals surface area contributed by atoms with Gasteiger partial charge in [0.1, 0.15) is 0 Å². The van der Waals surface area contributed by atoms with Gasteiger partial charge in [-0.3, -0.25) is 0 Å². The minimum Gasteiger partial charge on any atom is -0.386 e. The van der Waals surface area contributed by atoms with Crippen LogP contribution in [-0.2, 0) is 0 Å². The summed E-state index contributed by atoms with van der Waals surface area (Å²) in [6.45, 7) is 5.80. The Labute approximate surface area is 68.4 Å². The summed E-state index contributed by atoms with van der Waals surface area (Å²) in [4.78, 5) is 0. The van der Waals surface area contributed by atoms with Gasteiger partial charge in [-0.1, -0.05) is 17.7 Å². The average Bonchev–Trinajstić information content (AvgIpc) is 1.86. The third-order valence-electron chi connectivity index (χ3n) is 2.14. The molecule has 0 aromatic heterocycles. The van der Waals surface area contributed by atoms with Gasteiger partial charge in [0.05, 0.1) is 5.60 Å². The molecule has 1 aliphatic rings. The van der Waals surface area contributed by atoms with Crippen molar-refractivity contribution in [2.75, 3.05) is 0 Å². The standard InChI is InChI=1S/C10H16O/c1-8-4-6-9(7-5-8)10(2,3)11/h4,6,11H,5,7H2,1-3H3. The first-order chi connectivity index (χ1) is 5.00. The smallest absolute Gasteiger partial charge is 0.0803 e. The monoisotopic (exact) mass is 152 g/mol. The number of aliphatic hydroxyl groups is 1. The molecule has 0 saturated heterocycles. The minimum absolute atomic E-state index is 0.628. The van der Waals surface area contributed by atoms with Crippen LogP contribution in [0.4, 0.5) is 0 Å². The van der Waals surface area contributed by atoms with Gasteiger partial charge in [0, 0.05) is 0 Å². The van der Waals surface area contributed by atoms with Crippen molar-refractivity contribution in [3.63, 3.8) is 0 Å². The van der Waals surface area contributed by atoms with Crippen LogP contribution in [0.3, 0.4) is 0 Å². The van der Waals surface area contributed by atoms with Gasteiger partial charge in [-0.2, -0.15) is 0 Å². The van der Waals surface area contributed by atoms with Crippen LogP contribution in [-0.4, -0.2) is 10.7 Å². The number of hydrogen-bond donors (Lipinski definition) is 1. The van der Waals surface area contributed by atoms with Crippen molar-refractivity contribution in [3.05, 3.63) is 23.3 Å². The van der Waals surface area contributed by atoms with Crippen molar-refractivity contribution in [2.24, 2.45) is 0 Å². The largest absolute Gasteiger partial charge is 0.386 e. The second-order valence-corrected chi connectivity index (χ2v) is 3.76. The predicted octanol–water partition coefficient (Wildman–Crippen LogP) is 2.42. The third-order valence-corrected chi connectivity index (χ3v) is 2.14. The number of rotatable bonds is 1. The molecule has 0 aromatic carbocycles. The van der Waals surface area contributed by atoms with Crippen molar-refractivity contribution in [2.45, 2.75) is 39.2 Å². The Morgan fingerprint density at radius 3 is 2.27 bits per heavy atom. The molecule has 0 spiro atoms. The van der Waals surface area contributed by atoms with Crippen molar-refractivity contribution in [1.82, 2.24) is 0 Å². The van der Waals surface area contributed by atoms with E-state index < -0.39 is 5.60 Å². The maximum absolute atomic E-state index is 9.63. The molecule has 0 aromatic rings. The van der Waals surface area contributed by atoms with Gasteiger partial charge in [0.15, 0.2) is 0 Å². The number of allylic oxidation sites excluding steroid dienone is 3. The van der Waals surface area contributed by atoms with Gasteiger partial charge in [0.25, 0.3) is 0 Å². The molecule has 1 heteroatoms. The zero-order chi connectivity index (χ0) is 8.48. The summed E-state index contributed by atoms with van der Waals surface area (Å²) in [5.74, 6) is 0. The quantitative estimate of drug-likeness (QED) is 0.611. The van der Waals surface area contributed by atoms with Crippen LogP contribution >= 0.6 is 0 Å². The van der Waals surface area contributed by atoms with Gasteiger partial charge in [-0.25, -0.2) is 0 Å². The normalized spacial score (nSPS) is 19.3. The van der Waals surface area contributed by atoms with Gasteiger partial charge in [0.2, 0.25) is 0 Å². The van der Waals surface area contributed by atoms with Crippen LogP contribution in [0.5, 0.6) is 0 Å². The SMILES string of the molecule is CC1=CC=C(C(C)(C)O)CC1. The maximum atomic E-state index is 9.63. The lowest BCUT2D eigenvalue weighted by atomic mass is 9.89. The molecule has 1 rings (SSSR count). The molecule has 0 unspecified atom stereocenters. The Balaban J connectivity index is 2.77. The van der Waals surface area contributed by atoms with Crippen LogP contribution in [0.15, 0.2) is 23.3 Å². The fourth-order valence-corrected chi connectivity index (χ4v) is 1.25. The summed E-state index contributed by atoms with van der Waals surface area (Å²) >= 11 is 0. The molecule has 0 aliphatic heterocycles. The lowest BCUT2D eigenvalue weighted by Gasteiger charge is -2.23. The Hall–Kier alpha value is -0.560. The molecule has 0 atom stereocenters. The highest BCUT2D eigenvalue weighted by Gasteiger charge is 2.19. The molecule has 11 heavy (non-hydrogen) atoms. The Kier molecular flexibility index (Phi) is 2.19. The van der Waals surface area contributed by atoms with Crippen LogP contribution in [0.2, 0.25) is 0 Å². The van der Waals surface area contributed by atoms with E-state index in [4.69, 9.17) is 0 Å². The zero-order valence-corrected chi connectivity index (χ0v) is 7.52. The van der Waals surface area contributed by atoms with E-state index >= 15 is 0 Å². The lowest BCUT2D eigenvalue weighted by molar-refractivity contribution is 0.115. The molecule has 0 heterocycles. The molecule has 1 aliphatic carbocycles. The summed E-state index contributed by atoms with van der Waals surface area (Å²) in [7, 11) is 0. The molecule has 0 bridgehead atoms. The summed E-state index contributed by atoms with van der Waals surface area (Å²) in [5, 5.41) is 9.63. The predicted molar refractivity (Wildman–Crippen MR) is 47.4 cm³/mol. The molecule has 62 valence electrons. The molecule has 0 saturated carbocycles. The van der Waals surface area contributed by atoms with E-state index in [2.05, 4.69) is 13.0 Å². The van der Waals surface area contributed by atoms with Crippen molar-refractivity contribution in [3.8, 4) is 0 Å². The van der Waals surface area contributed by atoms with E-state index in [0.29, 0.717) is 0 Å². The van der Waals surface area contributed by atoms with Gasteiger partial charge in [-0.05, 0) is 39.2 Å². The summed E-state index contributed by atoms with van der Waals surface area (Å²) in [5.41, 5.74) is 1.91. The minimum atomic E-state index is -0.628. The number of hydrogen-bond acceptors (Lipinski definition) is 1. The van der Waals surface area contributed by atoms with E-state index in [1.54, 1.807) is 0 Å². The van der Waals surface area contributed by atoms with Crippen LogP contribution in [0.25, 0.3) is 0 Å². The fraction of sp³-hybridized carbons (Fsp3) is 0.600. The summed E-state index contributed by atoms with van der Waals surface area (Å²) in [6, 6.07) is 0. The first-order valence-electron chi connectivity index (χ1n) is 4.09. The Morgan fingerprint density at radius 1 is 1.27 bits per heavy atom. The van der Waals surface area contributed by atoms with E-state index in [0.717, 1.165) is 18.4 Å². The molecule has 0 amide bonds.